The molecule has 1 aromatic rings. The minimum Gasteiger partial charge on any atom is -0.275 e. The number of carbonyl (C=O) groups is 1. The first-order valence-electron chi connectivity index (χ1n) is 2.77. The third kappa shape index (κ3) is 1.53. The monoisotopic (exact) mass is 211 g/mol. The normalized spacial score (nSPS) is 10.2. The summed E-state index contributed by atoms with van der Waals surface area (Å²) in [5.74, 6) is 0. The summed E-state index contributed by atoms with van der Waals surface area (Å²) < 4.78 is 1.19. The van der Waals surface area contributed by atoms with Gasteiger partial charge in [0.1, 0.15) is 0 Å². The zero-order chi connectivity index (χ0) is 8.59. The summed E-state index contributed by atoms with van der Waals surface area (Å²) in [6.07, 6.45) is 1.38. The van der Waals surface area contributed by atoms with Crippen LogP contribution in [0.3, 0.4) is 0 Å². The molecule has 5 heteroatoms. The Labute approximate surface area is 78.7 Å². The molecule has 0 aliphatic heterocycles. The summed E-state index contributed by atoms with van der Waals surface area (Å²) >= 11 is 16.5. The van der Waals surface area contributed by atoms with Crippen molar-refractivity contribution in [2.24, 2.45) is 0 Å². The van der Waals surface area contributed by atoms with E-state index in [-0.39, 0.29) is 0 Å². The molecule has 0 unspecified atom stereocenters. The molecule has 0 saturated heterocycles. The molecular weight excluding hydrogens is 208 g/mol. The first-order valence-corrected chi connectivity index (χ1v) is 3.90. The zero-order valence-corrected chi connectivity index (χ0v) is 7.83. The molecule has 60 valence electrons. The SMILES string of the molecule is Cc1c(Cl)c(Cl)cn1C(=O)Cl. The molecule has 0 N–H and O–H groups in total. The lowest BCUT2D eigenvalue weighted by molar-refractivity contribution is 0.260. The fraction of sp³-hybridized carbons (Fsp3) is 0.167. The lowest BCUT2D eigenvalue weighted by Gasteiger charge is -1.95. The van der Waals surface area contributed by atoms with Gasteiger partial charge in [0.15, 0.2) is 0 Å². The van der Waals surface area contributed by atoms with Crippen LogP contribution in [0.5, 0.6) is 0 Å². The van der Waals surface area contributed by atoms with E-state index in [1.165, 1.54) is 10.8 Å². The van der Waals surface area contributed by atoms with E-state index in [9.17, 15) is 4.79 Å². The maximum Gasteiger partial charge on any atom is 0.324 e. The summed E-state index contributed by atoms with van der Waals surface area (Å²) in [6.45, 7) is 1.66. The molecule has 0 spiro atoms. The smallest absolute Gasteiger partial charge is 0.275 e. The number of hydrogen-bond acceptors (Lipinski definition) is 1. The molecule has 0 aliphatic rings. The van der Waals surface area contributed by atoms with Gasteiger partial charge in [-0.3, -0.25) is 9.36 Å². The first-order chi connectivity index (χ1) is 5.04. The van der Waals surface area contributed by atoms with Gasteiger partial charge >= 0.3 is 5.37 Å². The molecule has 0 saturated carbocycles. The molecule has 0 fully saturated rings. The van der Waals surface area contributed by atoms with Crippen LogP contribution in [0.4, 0.5) is 4.79 Å². The first kappa shape index (κ1) is 8.91. The van der Waals surface area contributed by atoms with Crippen molar-refractivity contribution in [1.82, 2.24) is 4.57 Å². The second kappa shape index (κ2) is 3.05. The van der Waals surface area contributed by atoms with Crippen molar-refractivity contribution in [1.29, 1.82) is 0 Å². The molecule has 1 aromatic heterocycles. The van der Waals surface area contributed by atoms with Crippen LogP contribution in [0, 0.1) is 6.92 Å². The standard InChI is InChI=1S/C6H4Cl3NO/c1-3-5(8)4(7)2-10(3)6(9)11/h2H,1H3. The van der Waals surface area contributed by atoms with E-state index in [4.69, 9.17) is 34.8 Å². The minimum atomic E-state index is -0.615. The van der Waals surface area contributed by atoms with E-state index in [0.29, 0.717) is 15.7 Å². The highest BCUT2D eigenvalue weighted by atomic mass is 35.5. The highest BCUT2D eigenvalue weighted by molar-refractivity contribution is 6.63. The predicted octanol–water partition coefficient (Wildman–Crippen LogP) is 3.31. The molecule has 0 atom stereocenters. The largest absolute Gasteiger partial charge is 0.324 e. The van der Waals surface area contributed by atoms with E-state index in [0.717, 1.165) is 0 Å². The Kier molecular flexibility index (Phi) is 2.47. The molecule has 0 radical (unpaired) electrons. The maximum absolute atomic E-state index is 10.6. The summed E-state index contributed by atoms with van der Waals surface area (Å²) in [7, 11) is 0. The molecule has 11 heavy (non-hydrogen) atoms. The van der Waals surface area contributed by atoms with E-state index in [2.05, 4.69) is 0 Å². The van der Waals surface area contributed by atoms with E-state index < -0.39 is 5.37 Å². The van der Waals surface area contributed by atoms with Crippen LogP contribution in [0.25, 0.3) is 0 Å². The Morgan fingerprint density at radius 1 is 1.55 bits per heavy atom. The second-order valence-electron chi connectivity index (χ2n) is 2.00. The van der Waals surface area contributed by atoms with Gasteiger partial charge in [0.2, 0.25) is 0 Å². The van der Waals surface area contributed by atoms with Crippen molar-refractivity contribution in [3.63, 3.8) is 0 Å². The molecule has 1 rings (SSSR count). The number of carbonyl (C=O) groups excluding carboxylic acids is 1. The van der Waals surface area contributed by atoms with Crippen molar-refractivity contribution >= 4 is 40.2 Å². The van der Waals surface area contributed by atoms with Gasteiger partial charge < -0.3 is 0 Å². The number of halogens is 3. The fourth-order valence-corrected chi connectivity index (χ4v) is 1.28. The summed E-state index contributed by atoms with van der Waals surface area (Å²) in [5, 5.41) is 0.0788. The second-order valence-corrected chi connectivity index (χ2v) is 3.11. The van der Waals surface area contributed by atoms with Gasteiger partial charge in [-0.1, -0.05) is 23.2 Å². The summed E-state index contributed by atoms with van der Waals surface area (Å²) in [6, 6.07) is 0. The van der Waals surface area contributed by atoms with Crippen LogP contribution in [0.2, 0.25) is 10.0 Å². The number of rotatable bonds is 0. The molecule has 0 aliphatic carbocycles. The Hall–Kier alpha value is -0.180. The Morgan fingerprint density at radius 2 is 2.09 bits per heavy atom. The minimum absolute atomic E-state index is 0.332. The van der Waals surface area contributed by atoms with Gasteiger partial charge in [-0.25, -0.2) is 0 Å². The van der Waals surface area contributed by atoms with Crippen molar-refractivity contribution in [3.05, 3.63) is 21.9 Å². The van der Waals surface area contributed by atoms with E-state index in [1.807, 2.05) is 0 Å². The summed E-state index contributed by atoms with van der Waals surface area (Å²) in [4.78, 5) is 10.6. The lowest BCUT2D eigenvalue weighted by Crippen LogP contribution is -2.01. The maximum atomic E-state index is 10.6. The van der Waals surface area contributed by atoms with Crippen LogP contribution in [0.15, 0.2) is 6.20 Å². The van der Waals surface area contributed by atoms with Gasteiger partial charge in [0.05, 0.1) is 10.0 Å². The Bertz CT molecular complexity index is 305. The van der Waals surface area contributed by atoms with Crippen LogP contribution in [0.1, 0.15) is 5.69 Å². The average molecular weight is 212 g/mol. The molecule has 0 aromatic carbocycles. The quantitative estimate of drug-likeness (QED) is 0.605. The number of hydrogen-bond donors (Lipinski definition) is 0. The van der Waals surface area contributed by atoms with Gasteiger partial charge in [-0.15, -0.1) is 0 Å². The number of aromatic nitrogens is 1. The van der Waals surface area contributed by atoms with Crippen LogP contribution < -0.4 is 0 Å². The van der Waals surface area contributed by atoms with Gasteiger partial charge in [0.25, 0.3) is 0 Å². The van der Waals surface area contributed by atoms with E-state index in [1.54, 1.807) is 6.92 Å². The molecule has 0 amide bonds. The van der Waals surface area contributed by atoms with Crippen LogP contribution in [-0.2, 0) is 0 Å². The van der Waals surface area contributed by atoms with Crippen LogP contribution >= 0.6 is 34.8 Å². The van der Waals surface area contributed by atoms with Crippen molar-refractivity contribution in [2.45, 2.75) is 6.92 Å². The van der Waals surface area contributed by atoms with Crippen molar-refractivity contribution in [3.8, 4) is 0 Å². The van der Waals surface area contributed by atoms with Gasteiger partial charge in [-0.05, 0) is 18.5 Å². The molecule has 0 bridgehead atoms. The third-order valence-electron chi connectivity index (χ3n) is 1.32. The average Bonchev–Trinajstić information content (AvgIpc) is 2.17. The highest BCUT2D eigenvalue weighted by Gasteiger charge is 2.11. The van der Waals surface area contributed by atoms with Crippen molar-refractivity contribution < 1.29 is 4.79 Å². The van der Waals surface area contributed by atoms with Gasteiger partial charge in [-0.2, -0.15) is 0 Å². The molecule has 1 heterocycles. The van der Waals surface area contributed by atoms with Crippen molar-refractivity contribution in [2.75, 3.05) is 0 Å². The molecular formula is C6H4Cl3NO. The zero-order valence-electron chi connectivity index (χ0n) is 5.57. The van der Waals surface area contributed by atoms with E-state index >= 15 is 0 Å². The summed E-state index contributed by atoms with van der Waals surface area (Å²) in [5.41, 5.74) is 0.552. The predicted molar refractivity (Wildman–Crippen MR) is 45.8 cm³/mol. The Balaban J connectivity index is 3.29. The van der Waals surface area contributed by atoms with Crippen LogP contribution in [-0.4, -0.2) is 9.93 Å². The Morgan fingerprint density at radius 3 is 2.27 bits per heavy atom. The number of nitrogens with zero attached hydrogens (tertiary/aromatic N) is 1. The third-order valence-corrected chi connectivity index (χ3v) is 2.36. The lowest BCUT2D eigenvalue weighted by atomic mass is 10.5. The molecule has 2 nitrogen and oxygen atoms in total. The topological polar surface area (TPSA) is 22.0 Å². The fourth-order valence-electron chi connectivity index (χ4n) is 0.728. The highest BCUT2D eigenvalue weighted by Crippen LogP contribution is 2.27. The van der Waals surface area contributed by atoms with Gasteiger partial charge in [0, 0.05) is 11.9 Å².